The van der Waals surface area contributed by atoms with E-state index < -0.39 is 0 Å². The van der Waals surface area contributed by atoms with Gasteiger partial charge < -0.3 is 0 Å². The topological polar surface area (TPSA) is 17.1 Å². The number of carbonyl (C=O) groups is 1. The summed E-state index contributed by atoms with van der Waals surface area (Å²) in [5, 5.41) is 0. The van der Waals surface area contributed by atoms with E-state index in [4.69, 9.17) is 0 Å². The summed E-state index contributed by atoms with van der Waals surface area (Å²) in [5.74, 6) is 0.559. The molecule has 0 aromatic heterocycles. The van der Waals surface area contributed by atoms with Crippen molar-refractivity contribution in [2.75, 3.05) is 0 Å². The Hall–Kier alpha value is -1.89. The highest BCUT2D eigenvalue weighted by Crippen LogP contribution is 2.28. The van der Waals surface area contributed by atoms with Crippen LogP contribution in [0.3, 0.4) is 0 Å². The van der Waals surface area contributed by atoms with Crippen molar-refractivity contribution in [2.45, 2.75) is 40.0 Å². The molecular formula is C20H22O. The lowest BCUT2D eigenvalue weighted by Gasteiger charge is -2.13. The molecule has 0 unspecified atom stereocenters. The Bertz CT molecular complexity index is 649. The summed E-state index contributed by atoms with van der Waals surface area (Å²) in [6.07, 6.45) is 2.41. The lowest BCUT2D eigenvalue weighted by molar-refractivity contribution is -0.121. The first-order valence-electron chi connectivity index (χ1n) is 7.71. The van der Waals surface area contributed by atoms with Crippen molar-refractivity contribution in [2.24, 2.45) is 5.92 Å². The number of fused-ring (bicyclic) bond motifs is 1. The van der Waals surface area contributed by atoms with E-state index in [2.05, 4.69) is 57.2 Å². The Balaban J connectivity index is 1.77. The number of hydrogen-bond donors (Lipinski definition) is 0. The second-order valence-electron chi connectivity index (χ2n) is 6.39. The van der Waals surface area contributed by atoms with Gasteiger partial charge in [0, 0.05) is 12.3 Å². The molecule has 0 saturated heterocycles. The molecule has 0 aliphatic heterocycles. The van der Waals surface area contributed by atoms with E-state index in [1.165, 1.54) is 33.4 Å². The maximum atomic E-state index is 12.7. The highest BCUT2D eigenvalue weighted by Gasteiger charge is 2.27. The Kier molecular flexibility index (Phi) is 3.67. The zero-order valence-corrected chi connectivity index (χ0v) is 13.1. The molecule has 0 spiro atoms. The maximum Gasteiger partial charge on any atom is 0.141 e. The molecule has 1 heteroatoms. The molecule has 1 aliphatic carbocycles. The molecule has 0 saturated carbocycles. The summed E-state index contributed by atoms with van der Waals surface area (Å²) < 4.78 is 0. The average molecular weight is 278 g/mol. The number of Topliss-reactive ketones (excluding diaryl/α,β-unsaturated/α-hetero) is 1. The van der Waals surface area contributed by atoms with Crippen LogP contribution in [0, 0.1) is 26.7 Å². The van der Waals surface area contributed by atoms with Gasteiger partial charge in [0.1, 0.15) is 5.78 Å². The van der Waals surface area contributed by atoms with Crippen molar-refractivity contribution in [1.29, 1.82) is 0 Å². The van der Waals surface area contributed by atoms with E-state index in [0.29, 0.717) is 12.2 Å². The Labute approximate surface area is 127 Å². The van der Waals surface area contributed by atoms with Crippen molar-refractivity contribution in [3.05, 3.63) is 69.8 Å². The fourth-order valence-corrected chi connectivity index (χ4v) is 3.59. The molecule has 0 N–H and O–H groups in total. The molecule has 0 heterocycles. The molecule has 0 fully saturated rings. The van der Waals surface area contributed by atoms with Gasteiger partial charge in [0.25, 0.3) is 0 Å². The van der Waals surface area contributed by atoms with Crippen LogP contribution in [0.1, 0.15) is 33.4 Å². The van der Waals surface area contributed by atoms with Crippen LogP contribution in [-0.4, -0.2) is 5.78 Å². The van der Waals surface area contributed by atoms with E-state index in [9.17, 15) is 4.79 Å². The van der Waals surface area contributed by atoms with Gasteiger partial charge in [-0.25, -0.2) is 0 Å². The maximum absolute atomic E-state index is 12.7. The second kappa shape index (κ2) is 5.48. The van der Waals surface area contributed by atoms with Gasteiger partial charge >= 0.3 is 0 Å². The van der Waals surface area contributed by atoms with Gasteiger partial charge in [-0.15, -0.1) is 0 Å². The number of carbonyl (C=O) groups excluding carboxylic acids is 1. The van der Waals surface area contributed by atoms with Crippen molar-refractivity contribution in [3.8, 4) is 0 Å². The fourth-order valence-electron chi connectivity index (χ4n) is 3.59. The lowest BCUT2D eigenvalue weighted by Crippen LogP contribution is -2.18. The highest BCUT2D eigenvalue weighted by atomic mass is 16.1. The van der Waals surface area contributed by atoms with Gasteiger partial charge in [0.2, 0.25) is 0 Å². The van der Waals surface area contributed by atoms with Gasteiger partial charge in [0.05, 0.1) is 0 Å². The monoisotopic (exact) mass is 278 g/mol. The summed E-state index contributed by atoms with van der Waals surface area (Å²) in [5.41, 5.74) is 7.70. The third-order valence-corrected chi connectivity index (χ3v) is 4.70. The number of ketones is 1. The van der Waals surface area contributed by atoms with Gasteiger partial charge in [-0.2, -0.15) is 0 Å². The summed E-state index contributed by atoms with van der Waals surface area (Å²) in [6.45, 7) is 6.34. The molecule has 0 atom stereocenters. The minimum Gasteiger partial charge on any atom is -0.299 e. The number of benzene rings is 2. The van der Waals surface area contributed by atoms with Crippen LogP contribution >= 0.6 is 0 Å². The molecule has 2 aromatic carbocycles. The van der Waals surface area contributed by atoms with E-state index in [0.717, 1.165) is 12.8 Å². The number of aryl methyl sites for hydroxylation is 3. The van der Waals surface area contributed by atoms with E-state index in [1.54, 1.807) is 0 Å². The Morgan fingerprint density at radius 1 is 1.00 bits per heavy atom. The van der Waals surface area contributed by atoms with Crippen molar-refractivity contribution in [3.63, 3.8) is 0 Å². The van der Waals surface area contributed by atoms with Crippen LogP contribution in [0.25, 0.3) is 0 Å². The third kappa shape index (κ3) is 2.78. The minimum atomic E-state index is 0.169. The molecule has 1 aliphatic rings. The SMILES string of the molecule is Cc1cc(C)c(CC(=O)C2Cc3ccccc3C2)c(C)c1. The van der Waals surface area contributed by atoms with Crippen LogP contribution in [0.2, 0.25) is 0 Å². The van der Waals surface area contributed by atoms with E-state index in [1.807, 2.05) is 0 Å². The highest BCUT2D eigenvalue weighted by molar-refractivity contribution is 5.85. The van der Waals surface area contributed by atoms with E-state index >= 15 is 0 Å². The van der Waals surface area contributed by atoms with Crippen LogP contribution in [0.4, 0.5) is 0 Å². The molecule has 3 rings (SSSR count). The zero-order valence-electron chi connectivity index (χ0n) is 13.1. The van der Waals surface area contributed by atoms with E-state index in [-0.39, 0.29) is 5.92 Å². The first-order valence-corrected chi connectivity index (χ1v) is 7.71. The van der Waals surface area contributed by atoms with Gasteiger partial charge in [-0.3, -0.25) is 4.79 Å². The average Bonchev–Trinajstić information content (AvgIpc) is 2.86. The van der Waals surface area contributed by atoms with Crippen molar-refractivity contribution in [1.82, 2.24) is 0 Å². The normalized spacial score (nSPS) is 14.2. The molecule has 1 nitrogen and oxygen atoms in total. The minimum absolute atomic E-state index is 0.169. The predicted octanol–water partition coefficient (Wildman–Crippen LogP) is 4.14. The molecule has 0 bridgehead atoms. The standard InChI is InChI=1S/C20H22O/c1-13-8-14(2)19(15(3)9-13)12-20(21)18-10-16-6-4-5-7-17(16)11-18/h4-9,18H,10-12H2,1-3H3. The first kappa shape index (κ1) is 14.1. The van der Waals surface area contributed by atoms with Crippen molar-refractivity contribution < 1.29 is 4.79 Å². The summed E-state index contributed by atoms with van der Waals surface area (Å²) >= 11 is 0. The van der Waals surface area contributed by atoms with Crippen LogP contribution in [-0.2, 0) is 24.1 Å². The molecule has 108 valence electrons. The van der Waals surface area contributed by atoms with Crippen LogP contribution in [0.5, 0.6) is 0 Å². The molecule has 21 heavy (non-hydrogen) atoms. The zero-order chi connectivity index (χ0) is 15.0. The third-order valence-electron chi connectivity index (χ3n) is 4.70. The van der Waals surface area contributed by atoms with Crippen LogP contribution in [0.15, 0.2) is 36.4 Å². The molecular weight excluding hydrogens is 256 g/mol. The quantitative estimate of drug-likeness (QED) is 0.824. The second-order valence-corrected chi connectivity index (χ2v) is 6.39. The molecule has 0 radical (unpaired) electrons. The first-order chi connectivity index (χ1) is 10.0. The predicted molar refractivity (Wildman–Crippen MR) is 86.7 cm³/mol. The molecule has 0 amide bonds. The summed E-state index contributed by atoms with van der Waals surface area (Å²) in [7, 11) is 0. The smallest absolute Gasteiger partial charge is 0.141 e. The Morgan fingerprint density at radius 3 is 2.05 bits per heavy atom. The van der Waals surface area contributed by atoms with Crippen molar-refractivity contribution >= 4 is 5.78 Å². The number of rotatable bonds is 3. The summed E-state index contributed by atoms with van der Waals surface area (Å²) in [4.78, 5) is 12.7. The lowest BCUT2D eigenvalue weighted by atomic mass is 9.90. The fraction of sp³-hybridized carbons (Fsp3) is 0.350. The largest absolute Gasteiger partial charge is 0.299 e. The summed E-state index contributed by atoms with van der Waals surface area (Å²) in [6, 6.07) is 12.8. The molecule has 2 aromatic rings. The van der Waals surface area contributed by atoms with Gasteiger partial charge in [-0.05, 0) is 61.4 Å². The van der Waals surface area contributed by atoms with Gasteiger partial charge in [0.15, 0.2) is 0 Å². The number of hydrogen-bond acceptors (Lipinski definition) is 1. The Morgan fingerprint density at radius 2 is 1.52 bits per heavy atom. The van der Waals surface area contributed by atoms with Gasteiger partial charge in [-0.1, -0.05) is 42.0 Å². The van der Waals surface area contributed by atoms with Crippen LogP contribution < -0.4 is 0 Å².